The number of hydrogen-bond donors (Lipinski definition) is 0. The highest BCUT2D eigenvalue weighted by Crippen LogP contribution is 2.27. The Hall–Kier alpha value is -2.82. The number of carbonyl (C=O) groups is 2. The van der Waals surface area contributed by atoms with E-state index in [0.29, 0.717) is 44.9 Å². The molecular formula is C25H31NO4. The number of Topliss-reactive ketones (excluding diaryl/α,β-unsaturated/α-hetero) is 1. The van der Waals surface area contributed by atoms with Crippen molar-refractivity contribution in [1.82, 2.24) is 4.90 Å². The largest absolute Gasteiger partial charge is 0.490 e. The molecule has 0 radical (unpaired) electrons. The summed E-state index contributed by atoms with van der Waals surface area (Å²) < 4.78 is 11.3. The lowest BCUT2D eigenvalue weighted by atomic mass is 9.88. The van der Waals surface area contributed by atoms with Crippen molar-refractivity contribution in [3.63, 3.8) is 0 Å². The highest BCUT2D eigenvalue weighted by Gasteiger charge is 2.27. The zero-order chi connectivity index (χ0) is 21.3. The molecule has 0 aliphatic carbocycles. The summed E-state index contributed by atoms with van der Waals surface area (Å²) in [7, 11) is 0. The number of aryl methyl sites for hydroxylation is 1. The molecule has 1 saturated heterocycles. The third-order valence-corrected chi connectivity index (χ3v) is 5.50. The van der Waals surface area contributed by atoms with E-state index in [1.165, 1.54) is 0 Å². The molecule has 2 aromatic carbocycles. The first-order chi connectivity index (χ1) is 14.6. The quantitative estimate of drug-likeness (QED) is 0.446. The van der Waals surface area contributed by atoms with Gasteiger partial charge in [-0.1, -0.05) is 42.0 Å². The number of amides is 1. The molecule has 5 heteroatoms. The monoisotopic (exact) mass is 409 g/mol. The number of carbonyl (C=O) groups excluding carboxylic acids is 2. The SMILES string of the molecule is CCOc1ccccc1OCCCC(=O)N1CCC(C(=O)c2ccc(C)cc2)CC1. The van der Waals surface area contributed by atoms with Crippen LogP contribution in [0.25, 0.3) is 0 Å². The van der Waals surface area contributed by atoms with Crippen molar-refractivity contribution in [2.75, 3.05) is 26.3 Å². The average molecular weight is 410 g/mol. The summed E-state index contributed by atoms with van der Waals surface area (Å²) in [6, 6.07) is 15.3. The van der Waals surface area contributed by atoms with Crippen LogP contribution in [-0.4, -0.2) is 42.9 Å². The van der Waals surface area contributed by atoms with Crippen LogP contribution in [0.1, 0.15) is 48.5 Å². The van der Waals surface area contributed by atoms with Crippen LogP contribution in [0.4, 0.5) is 0 Å². The highest BCUT2D eigenvalue weighted by molar-refractivity contribution is 5.98. The number of nitrogens with zero attached hydrogens (tertiary/aromatic N) is 1. The molecule has 0 N–H and O–H groups in total. The number of ether oxygens (including phenoxy) is 2. The maximum atomic E-state index is 12.7. The molecule has 0 spiro atoms. The molecule has 3 rings (SSSR count). The number of para-hydroxylation sites is 2. The molecule has 5 nitrogen and oxygen atoms in total. The van der Waals surface area contributed by atoms with Crippen LogP contribution in [-0.2, 0) is 4.79 Å². The summed E-state index contributed by atoms with van der Waals surface area (Å²) >= 11 is 0. The number of hydrogen-bond acceptors (Lipinski definition) is 4. The molecule has 1 aliphatic heterocycles. The maximum absolute atomic E-state index is 12.7. The molecule has 2 aromatic rings. The van der Waals surface area contributed by atoms with Gasteiger partial charge in [0.2, 0.25) is 5.91 Å². The first-order valence-electron chi connectivity index (χ1n) is 10.8. The number of ketones is 1. The van der Waals surface area contributed by atoms with E-state index in [4.69, 9.17) is 9.47 Å². The minimum atomic E-state index is 0.00940. The van der Waals surface area contributed by atoms with Crippen LogP contribution in [0.2, 0.25) is 0 Å². The van der Waals surface area contributed by atoms with Gasteiger partial charge in [-0.05, 0) is 45.2 Å². The van der Waals surface area contributed by atoms with Gasteiger partial charge in [-0.2, -0.15) is 0 Å². The smallest absolute Gasteiger partial charge is 0.222 e. The summed E-state index contributed by atoms with van der Waals surface area (Å²) in [6.07, 6.45) is 2.57. The van der Waals surface area contributed by atoms with E-state index in [-0.39, 0.29) is 17.6 Å². The fraction of sp³-hybridized carbons (Fsp3) is 0.440. The summed E-state index contributed by atoms with van der Waals surface area (Å²) in [4.78, 5) is 27.1. The lowest BCUT2D eigenvalue weighted by Crippen LogP contribution is -2.40. The molecule has 0 saturated carbocycles. The van der Waals surface area contributed by atoms with Gasteiger partial charge < -0.3 is 14.4 Å². The number of benzene rings is 2. The molecule has 0 unspecified atom stereocenters. The second kappa shape index (κ2) is 10.8. The Bertz CT molecular complexity index is 838. The molecule has 160 valence electrons. The zero-order valence-electron chi connectivity index (χ0n) is 17.9. The Labute approximate surface area is 179 Å². The van der Waals surface area contributed by atoms with Gasteiger partial charge >= 0.3 is 0 Å². The van der Waals surface area contributed by atoms with Crippen LogP contribution >= 0.6 is 0 Å². The molecule has 30 heavy (non-hydrogen) atoms. The topological polar surface area (TPSA) is 55.8 Å². The minimum Gasteiger partial charge on any atom is -0.490 e. The van der Waals surface area contributed by atoms with E-state index in [0.717, 1.165) is 29.7 Å². The predicted octanol–water partition coefficient (Wildman–Crippen LogP) is 4.67. The maximum Gasteiger partial charge on any atom is 0.222 e. The van der Waals surface area contributed by atoms with Crippen molar-refractivity contribution in [3.8, 4) is 11.5 Å². The first kappa shape index (κ1) is 21.9. The van der Waals surface area contributed by atoms with E-state index in [1.807, 2.05) is 67.3 Å². The predicted molar refractivity (Wildman–Crippen MR) is 117 cm³/mol. The summed E-state index contributed by atoms with van der Waals surface area (Å²) in [5.41, 5.74) is 1.92. The highest BCUT2D eigenvalue weighted by atomic mass is 16.5. The second-order valence-corrected chi connectivity index (χ2v) is 7.72. The van der Waals surface area contributed by atoms with Gasteiger partial charge in [-0.25, -0.2) is 0 Å². The van der Waals surface area contributed by atoms with E-state index in [1.54, 1.807) is 0 Å². The van der Waals surface area contributed by atoms with E-state index in [9.17, 15) is 9.59 Å². The Morgan fingerprint density at radius 2 is 1.60 bits per heavy atom. The molecule has 0 atom stereocenters. The third-order valence-electron chi connectivity index (χ3n) is 5.50. The van der Waals surface area contributed by atoms with Crippen LogP contribution in [0.15, 0.2) is 48.5 Å². The van der Waals surface area contributed by atoms with Gasteiger partial charge in [-0.3, -0.25) is 9.59 Å². The van der Waals surface area contributed by atoms with Crippen molar-refractivity contribution < 1.29 is 19.1 Å². The molecule has 1 amide bonds. The lowest BCUT2D eigenvalue weighted by molar-refractivity contribution is -0.132. The zero-order valence-corrected chi connectivity index (χ0v) is 17.9. The molecule has 1 heterocycles. The molecule has 0 bridgehead atoms. The number of likely N-dealkylation sites (tertiary alicyclic amines) is 1. The van der Waals surface area contributed by atoms with Crippen molar-refractivity contribution in [2.24, 2.45) is 5.92 Å². The van der Waals surface area contributed by atoms with Gasteiger partial charge in [0.05, 0.1) is 13.2 Å². The Morgan fingerprint density at radius 1 is 0.967 bits per heavy atom. The van der Waals surface area contributed by atoms with E-state index < -0.39 is 0 Å². The first-order valence-corrected chi connectivity index (χ1v) is 10.8. The summed E-state index contributed by atoms with van der Waals surface area (Å²) in [5.74, 6) is 1.78. The second-order valence-electron chi connectivity index (χ2n) is 7.72. The van der Waals surface area contributed by atoms with Crippen LogP contribution in [0.3, 0.4) is 0 Å². The Kier molecular flexibility index (Phi) is 7.89. The van der Waals surface area contributed by atoms with Crippen molar-refractivity contribution in [3.05, 3.63) is 59.7 Å². The Balaban J connectivity index is 1.39. The molecule has 1 aliphatic rings. The minimum absolute atomic E-state index is 0.00940. The fourth-order valence-corrected chi connectivity index (χ4v) is 3.75. The van der Waals surface area contributed by atoms with E-state index in [2.05, 4.69) is 0 Å². The number of rotatable bonds is 9. The van der Waals surface area contributed by atoms with Crippen molar-refractivity contribution in [1.29, 1.82) is 0 Å². The van der Waals surface area contributed by atoms with Crippen LogP contribution in [0, 0.1) is 12.8 Å². The standard InChI is InChI=1S/C25H31NO4/c1-3-29-22-7-4-5-8-23(22)30-18-6-9-24(27)26-16-14-21(15-17-26)25(28)20-12-10-19(2)11-13-20/h4-5,7-8,10-13,21H,3,6,9,14-18H2,1-2H3. The van der Waals surface area contributed by atoms with Crippen molar-refractivity contribution >= 4 is 11.7 Å². The molecular weight excluding hydrogens is 378 g/mol. The normalized spacial score (nSPS) is 14.4. The summed E-state index contributed by atoms with van der Waals surface area (Å²) in [6.45, 7) is 6.30. The fourth-order valence-electron chi connectivity index (χ4n) is 3.75. The Morgan fingerprint density at radius 3 is 2.23 bits per heavy atom. The van der Waals surface area contributed by atoms with Gasteiger partial charge in [0.1, 0.15) is 0 Å². The molecule has 0 aromatic heterocycles. The van der Waals surface area contributed by atoms with Gasteiger partial charge in [0, 0.05) is 31.0 Å². The molecule has 1 fully saturated rings. The van der Waals surface area contributed by atoms with Crippen LogP contribution < -0.4 is 9.47 Å². The van der Waals surface area contributed by atoms with E-state index >= 15 is 0 Å². The lowest BCUT2D eigenvalue weighted by Gasteiger charge is -2.31. The summed E-state index contributed by atoms with van der Waals surface area (Å²) in [5, 5.41) is 0. The van der Waals surface area contributed by atoms with Gasteiger partial charge in [0.25, 0.3) is 0 Å². The van der Waals surface area contributed by atoms with Crippen molar-refractivity contribution in [2.45, 2.75) is 39.5 Å². The third kappa shape index (κ3) is 5.85. The van der Waals surface area contributed by atoms with Gasteiger partial charge in [-0.15, -0.1) is 0 Å². The van der Waals surface area contributed by atoms with Gasteiger partial charge in [0.15, 0.2) is 17.3 Å². The van der Waals surface area contributed by atoms with Crippen LogP contribution in [0.5, 0.6) is 11.5 Å². The average Bonchev–Trinajstić information content (AvgIpc) is 2.78. The number of piperidine rings is 1.